The average molecular weight is 267 g/mol. The normalized spacial score (nSPS) is 16.1. The highest BCUT2D eigenvalue weighted by molar-refractivity contribution is 7.18. The van der Waals surface area contributed by atoms with E-state index < -0.39 is 11.2 Å². The number of thiophene rings is 1. The van der Waals surface area contributed by atoms with Gasteiger partial charge in [-0.1, -0.05) is 11.7 Å². The number of fused-ring (bicyclic) bond motifs is 3. The molecule has 0 amide bonds. The fourth-order valence-electron chi connectivity index (χ4n) is 2.39. The summed E-state index contributed by atoms with van der Waals surface area (Å²) in [5.41, 5.74) is -0.418. The molecule has 0 saturated heterocycles. The third-order valence-electron chi connectivity index (χ3n) is 3.40. The van der Waals surface area contributed by atoms with E-state index in [1.54, 1.807) is 0 Å². The Morgan fingerprint density at radius 3 is 2.94 bits per heavy atom. The molecule has 1 aliphatic rings. The van der Waals surface area contributed by atoms with Crippen LogP contribution in [-0.4, -0.2) is 32.9 Å². The SMILES string of the molecule is CCN1CCc2c(sc3[nH]c(=O)n(O)c(=O)c23)C1. The molecule has 96 valence electrons. The largest absolute Gasteiger partial charge is 0.421 e. The summed E-state index contributed by atoms with van der Waals surface area (Å²) in [4.78, 5) is 29.8. The fraction of sp³-hybridized carbons (Fsp3) is 0.455. The lowest BCUT2D eigenvalue weighted by atomic mass is 10.1. The van der Waals surface area contributed by atoms with E-state index in [1.807, 2.05) is 0 Å². The van der Waals surface area contributed by atoms with Gasteiger partial charge in [0.25, 0.3) is 5.56 Å². The van der Waals surface area contributed by atoms with Crippen LogP contribution in [0.15, 0.2) is 9.59 Å². The number of rotatable bonds is 1. The number of hydrogen-bond donors (Lipinski definition) is 2. The summed E-state index contributed by atoms with van der Waals surface area (Å²) < 4.78 is 0.154. The van der Waals surface area contributed by atoms with Crippen LogP contribution in [0.4, 0.5) is 0 Å². The number of hydrogen-bond acceptors (Lipinski definition) is 5. The average Bonchev–Trinajstić information content (AvgIpc) is 2.72. The van der Waals surface area contributed by atoms with Gasteiger partial charge in [-0.05, 0) is 18.5 Å². The standard InChI is InChI=1S/C11H13N3O3S/c1-2-13-4-3-6-7(5-13)18-9-8(6)10(15)14(17)11(16)12-9/h17H,2-5H2,1H3,(H,12,16). The van der Waals surface area contributed by atoms with Crippen LogP contribution in [0.5, 0.6) is 0 Å². The Bertz CT molecular complexity index is 727. The van der Waals surface area contributed by atoms with Crippen molar-refractivity contribution in [2.45, 2.75) is 19.9 Å². The van der Waals surface area contributed by atoms with Gasteiger partial charge in [0.05, 0.1) is 5.39 Å². The van der Waals surface area contributed by atoms with Crippen LogP contribution in [-0.2, 0) is 13.0 Å². The molecule has 2 aromatic heterocycles. The lowest BCUT2D eigenvalue weighted by Crippen LogP contribution is -2.34. The van der Waals surface area contributed by atoms with Gasteiger partial charge in [0.1, 0.15) is 4.83 Å². The van der Waals surface area contributed by atoms with Crippen molar-refractivity contribution in [3.05, 3.63) is 31.3 Å². The lowest BCUT2D eigenvalue weighted by Gasteiger charge is -2.24. The molecule has 7 heteroatoms. The Hall–Kier alpha value is -1.60. The van der Waals surface area contributed by atoms with Crippen molar-refractivity contribution >= 4 is 21.6 Å². The zero-order chi connectivity index (χ0) is 12.9. The van der Waals surface area contributed by atoms with Gasteiger partial charge in [-0.15, -0.1) is 11.3 Å². The number of aromatic nitrogens is 2. The molecule has 0 bridgehead atoms. The van der Waals surface area contributed by atoms with Gasteiger partial charge in [0, 0.05) is 18.0 Å². The lowest BCUT2D eigenvalue weighted by molar-refractivity contribution is 0.162. The van der Waals surface area contributed by atoms with E-state index in [-0.39, 0.29) is 4.73 Å². The first-order chi connectivity index (χ1) is 8.61. The zero-order valence-corrected chi connectivity index (χ0v) is 10.7. The second-order valence-corrected chi connectivity index (χ2v) is 5.48. The monoisotopic (exact) mass is 267 g/mol. The van der Waals surface area contributed by atoms with Gasteiger partial charge in [-0.3, -0.25) is 14.7 Å². The molecule has 0 aliphatic carbocycles. The first kappa shape index (κ1) is 11.5. The van der Waals surface area contributed by atoms with Crippen molar-refractivity contribution in [3.63, 3.8) is 0 Å². The van der Waals surface area contributed by atoms with E-state index in [1.165, 1.54) is 11.3 Å². The Labute approximate surface area is 106 Å². The molecule has 3 rings (SSSR count). The highest BCUT2D eigenvalue weighted by Gasteiger charge is 2.23. The van der Waals surface area contributed by atoms with Crippen molar-refractivity contribution < 1.29 is 5.21 Å². The van der Waals surface area contributed by atoms with E-state index in [0.29, 0.717) is 10.2 Å². The van der Waals surface area contributed by atoms with Gasteiger partial charge in [-0.25, -0.2) is 4.79 Å². The molecule has 3 heterocycles. The minimum Gasteiger partial charge on any atom is -0.421 e. The molecule has 0 radical (unpaired) electrons. The maximum absolute atomic E-state index is 11.9. The van der Waals surface area contributed by atoms with Crippen LogP contribution in [0.2, 0.25) is 0 Å². The molecule has 6 nitrogen and oxygen atoms in total. The molecular weight excluding hydrogens is 254 g/mol. The molecule has 0 fully saturated rings. The van der Waals surface area contributed by atoms with Crippen molar-refractivity contribution in [1.82, 2.24) is 14.6 Å². The molecule has 18 heavy (non-hydrogen) atoms. The molecule has 0 saturated carbocycles. The van der Waals surface area contributed by atoms with E-state index in [9.17, 15) is 14.8 Å². The summed E-state index contributed by atoms with van der Waals surface area (Å²) in [5.74, 6) is 0. The van der Waals surface area contributed by atoms with Gasteiger partial charge in [0.15, 0.2) is 0 Å². The summed E-state index contributed by atoms with van der Waals surface area (Å²) >= 11 is 1.43. The molecular formula is C11H13N3O3S. The first-order valence-electron chi connectivity index (χ1n) is 5.83. The Kier molecular flexibility index (Phi) is 2.53. The number of nitrogens with one attached hydrogen (secondary N) is 1. The number of likely N-dealkylation sites (N-methyl/N-ethyl adjacent to an activating group) is 1. The third kappa shape index (κ3) is 1.51. The Morgan fingerprint density at radius 1 is 1.44 bits per heavy atom. The summed E-state index contributed by atoms with van der Waals surface area (Å²) in [5, 5.41) is 9.84. The number of aromatic amines is 1. The van der Waals surface area contributed by atoms with Crippen LogP contribution in [0.3, 0.4) is 0 Å². The molecule has 1 aliphatic heterocycles. The van der Waals surface area contributed by atoms with Gasteiger partial charge < -0.3 is 5.21 Å². The van der Waals surface area contributed by atoms with Crippen LogP contribution in [0.1, 0.15) is 17.4 Å². The van der Waals surface area contributed by atoms with Crippen LogP contribution in [0, 0.1) is 0 Å². The second kappa shape index (κ2) is 3.96. The van der Waals surface area contributed by atoms with Crippen LogP contribution >= 0.6 is 11.3 Å². The zero-order valence-electron chi connectivity index (χ0n) is 9.89. The topological polar surface area (TPSA) is 78.3 Å². The predicted octanol–water partition coefficient (Wildman–Crippen LogP) is 0.367. The predicted molar refractivity (Wildman–Crippen MR) is 68.5 cm³/mol. The van der Waals surface area contributed by atoms with Gasteiger partial charge >= 0.3 is 5.69 Å². The molecule has 2 aromatic rings. The molecule has 0 aromatic carbocycles. The summed E-state index contributed by atoms with van der Waals surface area (Å²) in [6.45, 7) is 4.77. The van der Waals surface area contributed by atoms with E-state index in [4.69, 9.17) is 0 Å². The summed E-state index contributed by atoms with van der Waals surface area (Å²) in [6.07, 6.45) is 0.782. The summed E-state index contributed by atoms with van der Waals surface area (Å²) in [6, 6.07) is 0. The minimum absolute atomic E-state index is 0.154. The molecule has 0 atom stereocenters. The Balaban J connectivity index is 2.29. The fourth-order valence-corrected chi connectivity index (χ4v) is 3.66. The van der Waals surface area contributed by atoms with Crippen molar-refractivity contribution in [2.75, 3.05) is 13.1 Å². The highest BCUT2D eigenvalue weighted by atomic mass is 32.1. The maximum atomic E-state index is 11.9. The first-order valence-corrected chi connectivity index (χ1v) is 6.64. The summed E-state index contributed by atoms with van der Waals surface area (Å²) in [7, 11) is 0. The number of nitrogens with zero attached hydrogens (tertiary/aromatic N) is 2. The molecule has 0 spiro atoms. The van der Waals surface area contributed by atoms with Gasteiger partial charge in [0.2, 0.25) is 0 Å². The van der Waals surface area contributed by atoms with E-state index in [2.05, 4.69) is 16.8 Å². The van der Waals surface area contributed by atoms with Crippen LogP contribution < -0.4 is 11.2 Å². The quantitative estimate of drug-likeness (QED) is 0.732. The van der Waals surface area contributed by atoms with Crippen molar-refractivity contribution in [3.8, 4) is 0 Å². The molecule has 2 N–H and O–H groups in total. The molecule has 0 unspecified atom stereocenters. The maximum Gasteiger partial charge on any atom is 0.362 e. The van der Waals surface area contributed by atoms with E-state index >= 15 is 0 Å². The second-order valence-electron chi connectivity index (χ2n) is 4.37. The van der Waals surface area contributed by atoms with Crippen LogP contribution in [0.25, 0.3) is 10.2 Å². The smallest absolute Gasteiger partial charge is 0.362 e. The third-order valence-corrected chi connectivity index (χ3v) is 4.53. The van der Waals surface area contributed by atoms with Gasteiger partial charge in [-0.2, -0.15) is 0 Å². The highest BCUT2D eigenvalue weighted by Crippen LogP contribution is 2.31. The van der Waals surface area contributed by atoms with Crippen molar-refractivity contribution in [1.29, 1.82) is 0 Å². The minimum atomic E-state index is -0.779. The number of H-pyrrole nitrogens is 1. The van der Waals surface area contributed by atoms with Crippen molar-refractivity contribution in [2.24, 2.45) is 0 Å². The Morgan fingerprint density at radius 2 is 2.22 bits per heavy atom. The van der Waals surface area contributed by atoms with E-state index in [0.717, 1.165) is 36.5 Å².